The van der Waals surface area contributed by atoms with Crippen LogP contribution in [0.4, 0.5) is 8.78 Å². The molecule has 1 unspecified atom stereocenters. The Morgan fingerprint density at radius 2 is 2.36 bits per heavy atom. The van der Waals surface area contributed by atoms with Crippen LogP contribution in [0.1, 0.15) is 6.42 Å². The molecule has 1 saturated heterocycles. The van der Waals surface area contributed by atoms with Crippen LogP contribution in [0.3, 0.4) is 0 Å². The summed E-state index contributed by atoms with van der Waals surface area (Å²) in [4.78, 5) is 12.8. The maximum atomic E-state index is 12.6. The third-order valence-electron chi connectivity index (χ3n) is 2.27. The van der Waals surface area contributed by atoms with Crippen LogP contribution in [0.25, 0.3) is 0 Å². The third kappa shape index (κ3) is 2.62. The van der Waals surface area contributed by atoms with Gasteiger partial charge < -0.3 is 10.0 Å². The van der Waals surface area contributed by atoms with Gasteiger partial charge in [-0.25, -0.2) is 8.78 Å². The molecule has 1 aliphatic rings. The second kappa shape index (κ2) is 4.18. The molecule has 0 radical (unpaired) electrons. The highest BCUT2D eigenvalue weighted by Crippen LogP contribution is 2.13. The van der Waals surface area contributed by atoms with E-state index in [4.69, 9.17) is 5.11 Å². The number of hydrogen-bond acceptors (Lipinski definition) is 3. The fraction of sp³-hybridized carbons (Fsp3) is 0.875. The first kappa shape index (κ1) is 11.3. The standard InChI is InChI=1S/C8H14F2N2O2/c1-12-3-2-6(7(12)14)11-4-8(9,10)5-13/h6,11,13H,2-5H2,1H3. The first-order valence-corrected chi connectivity index (χ1v) is 4.43. The Kier molecular flexibility index (Phi) is 3.38. The average molecular weight is 208 g/mol. The summed E-state index contributed by atoms with van der Waals surface area (Å²) in [6.45, 7) is -1.27. The summed E-state index contributed by atoms with van der Waals surface area (Å²) in [5, 5.41) is 10.8. The molecule has 0 spiro atoms. The average Bonchev–Trinajstić information content (AvgIpc) is 2.45. The van der Waals surface area contributed by atoms with Crippen molar-refractivity contribution in [3.05, 3.63) is 0 Å². The third-order valence-corrected chi connectivity index (χ3v) is 2.27. The van der Waals surface area contributed by atoms with Crippen LogP contribution in [-0.2, 0) is 4.79 Å². The van der Waals surface area contributed by atoms with Crippen molar-refractivity contribution in [2.24, 2.45) is 0 Å². The molecule has 82 valence electrons. The number of aliphatic hydroxyl groups excluding tert-OH is 1. The van der Waals surface area contributed by atoms with Crippen LogP contribution in [0.5, 0.6) is 0 Å². The van der Waals surface area contributed by atoms with Crippen molar-refractivity contribution in [2.45, 2.75) is 18.4 Å². The van der Waals surface area contributed by atoms with Gasteiger partial charge in [0.1, 0.15) is 6.61 Å². The Morgan fingerprint density at radius 1 is 1.71 bits per heavy atom. The first-order chi connectivity index (χ1) is 6.46. The van der Waals surface area contributed by atoms with E-state index in [0.29, 0.717) is 13.0 Å². The van der Waals surface area contributed by atoms with Crippen LogP contribution in [0, 0.1) is 0 Å². The van der Waals surface area contributed by atoms with Gasteiger partial charge in [0.2, 0.25) is 5.91 Å². The summed E-state index contributed by atoms with van der Waals surface area (Å²) >= 11 is 0. The minimum atomic E-state index is -3.15. The molecule has 14 heavy (non-hydrogen) atoms. The topological polar surface area (TPSA) is 52.6 Å². The molecule has 0 aliphatic carbocycles. The van der Waals surface area contributed by atoms with Gasteiger partial charge >= 0.3 is 0 Å². The summed E-state index contributed by atoms with van der Waals surface area (Å²) in [5.41, 5.74) is 0. The molecule has 1 heterocycles. The molecule has 4 nitrogen and oxygen atoms in total. The number of halogens is 2. The second-order valence-electron chi connectivity index (χ2n) is 3.50. The van der Waals surface area contributed by atoms with Crippen molar-refractivity contribution in [3.8, 4) is 0 Å². The maximum Gasteiger partial charge on any atom is 0.282 e. The molecule has 1 amide bonds. The minimum Gasteiger partial charge on any atom is -0.390 e. The summed E-state index contributed by atoms with van der Waals surface area (Å²) in [6, 6.07) is -0.530. The zero-order valence-corrected chi connectivity index (χ0v) is 7.96. The largest absolute Gasteiger partial charge is 0.390 e. The highest BCUT2D eigenvalue weighted by Gasteiger charge is 2.33. The smallest absolute Gasteiger partial charge is 0.282 e. The van der Waals surface area contributed by atoms with Crippen LogP contribution < -0.4 is 5.32 Å². The molecule has 0 bridgehead atoms. The zero-order valence-electron chi connectivity index (χ0n) is 7.96. The van der Waals surface area contributed by atoms with E-state index in [0.717, 1.165) is 0 Å². The van der Waals surface area contributed by atoms with Crippen molar-refractivity contribution < 1.29 is 18.7 Å². The van der Waals surface area contributed by atoms with Gasteiger partial charge in [-0.05, 0) is 6.42 Å². The van der Waals surface area contributed by atoms with Gasteiger partial charge in [0.25, 0.3) is 5.92 Å². The Labute approximate surface area is 80.9 Å². The Hall–Kier alpha value is -0.750. The number of carbonyl (C=O) groups excluding carboxylic acids is 1. The first-order valence-electron chi connectivity index (χ1n) is 4.43. The number of aliphatic hydroxyl groups is 1. The second-order valence-corrected chi connectivity index (χ2v) is 3.50. The molecular weight excluding hydrogens is 194 g/mol. The molecule has 0 aromatic heterocycles. The summed E-state index contributed by atoms with van der Waals surface area (Å²) in [7, 11) is 1.63. The predicted molar refractivity (Wildman–Crippen MR) is 46.1 cm³/mol. The van der Waals surface area contributed by atoms with Crippen LogP contribution >= 0.6 is 0 Å². The van der Waals surface area contributed by atoms with E-state index in [9.17, 15) is 13.6 Å². The maximum absolute atomic E-state index is 12.6. The van der Waals surface area contributed by atoms with E-state index in [2.05, 4.69) is 5.32 Å². The van der Waals surface area contributed by atoms with E-state index in [1.807, 2.05) is 0 Å². The number of amides is 1. The quantitative estimate of drug-likeness (QED) is 0.651. The fourth-order valence-corrected chi connectivity index (χ4v) is 1.34. The van der Waals surface area contributed by atoms with Gasteiger partial charge in [0, 0.05) is 13.6 Å². The lowest BCUT2D eigenvalue weighted by Gasteiger charge is -2.17. The van der Waals surface area contributed by atoms with Crippen LogP contribution in [0.15, 0.2) is 0 Å². The van der Waals surface area contributed by atoms with Gasteiger partial charge in [0.05, 0.1) is 12.6 Å². The summed E-state index contributed by atoms with van der Waals surface area (Å²) in [6.07, 6.45) is 0.539. The Bertz CT molecular complexity index is 223. The van der Waals surface area contributed by atoms with Crippen LogP contribution in [-0.4, -0.2) is 54.6 Å². The molecule has 1 atom stereocenters. The van der Waals surface area contributed by atoms with E-state index in [-0.39, 0.29) is 5.91 Å². The molecular formula is C8H14F2N2O2. The monoisotopic (exact) mass is 208 g/mol. The van der Waals surface area contributed by atoms with E-state index in [1.54, 1.807) is 7.05 Å². The van der Waals surface area contributed by atoms with Crippen molar-refractivity contribution in [1.29, 1.82) is 0 Å². The van der Waals surface area contributed by atoms with Crippen molar-refractivity contribution in [2.75, 3.05) is 26.7 Å². The number of rotatable bonds is 4. The summed E-state index contributed by atoms with van der Waals surface area (Å²) < 4.78 is 25.2. The molecule has 2 N–H and O–H groups in total. The zero-order chi connectivity index (χ0) is 10.8. The number of likely N-dealkylation sites (N-methyl/N-ethyl adjacent to an activating group) is 1. The van der Waals surface area contributed by atoms with E-state index >= 15 is 0 Å². The Morgan fingerprint density at radius 3 is 2.79 bits per heavy atom. The predicted octanol–water partition coefficient (Wildman–Crippen LogP) is -0.566. The van der Waals surface area contributed by atoms with E-state index < -0.39 is 25.1 Å². The van der Waals surface area contributed by atoms with Crippen molar-refractivity contribution in [3.63, 3.8) is 0 Å². The number of carbonyl (C=O) groups is 1. The number of hydrogen-bond donors (Lipinski definition) is 2. The van der Waals surface area contributed by atoms with Crippen molar-refractivity contribution in [1.82, 2.24) is 10.2 Å². The molecule has 0 saturated carbocycles. The molecule has 1 rings (SSSR count). The molecule has 1 aliphatic heterocycles. The van der Waals surface area contributed by atoms with Gasteiger partial charge in [-0.3, -0.25) is 10.1 Å². The number of nitrogens with one attached hydrogen (secondary N) is 1. The minimum absolute atomic E-state index is 0.168. The van der Waals surface area contributed by atoms with E-state index in [1.165, 1.54) is 4.90 Å². The number of nitrogens with zero attached hydrogens (tertiary/aromatic N) is 1. The van der Waals surface area contributed by atoms with Crippen LogP contribution in [0.2, 0.25) is 0 Å². The number of alkyl halides is 2. The van der Waals surface area contributed by atoms with Gasteiger partial charge in [0.15, 0.2) is 0 Å². The molecule has 1 fully saturated rings. The van der Waals surface area contributed by atoms with Crippen molar-refractivity contribution >= 4 is 5.91 Å². The molecule has 6 heteroatoms. The highest BCUT2D eigenvalue weighted by molar-refractivity contribution is 5.83. The highest BCUT2D eigenvalue weighted by atomic mass is 19.3. The van der Waals surface area contributed by atoms with Gasteiger partial charge in [-0.1, -0.05) is 0 Å². The number of likely N-dealkylation sites (tertiary alicyclic amines) is 1. The lowest BCUT2D eigenvalue weighted by molar-refractivity contribution is -0.128. The Balaban J connectivity index is 2.36. The lowest BCUT2D eigenvalue weighted by Crippen LogP contribution is -2.44. The molecule has 0 aromatic rings. The molecule has 0 aromatic carbocycles. The van der Waals surface area contributed by atoms with Gasteiger partial charge in [-0.15, -0.1) is 0 Å². The van der Waals surface area contributed by atoms with Gasteiger partial charge in [-0.2, -0.15) is 0 Å². The fourth-order valence-electron chi connectivity index (χ4n) is 1.34. The SMILES string of the molecule is CN1CCC(NCC(F)(F)CO)C1=O. The summed E-state index contributed by atoms with van der Waals surface area (Å²) in [5.74, 6) is -3.32. The lowest BCUT2D eigenvalue weighted by atomic mass is 10.2. The normalized spacial score (nSPS) is 23.3.